The lowest BCUT2D eigenvalue weighted by Gasteiger charge is -2.22. The average molecular weight is 385 g/mol. The molecule has 0 saturated carbocycles. The molecule has 138 valence electrons. The van der Waals surface area contributed by atoms with Gasteiger partial charge in [0.15, 0.2) is 0 Å². The summed E-state index contributed by atoms with van der Waals surface area (Å²) < 4.78 is 40.1. The number of thiol groups is 1. The monoisotopic (exact) mass is 385 g/mol. The standard InChI is InChI=1S/C22H18F3NS/c1-16(20-13-5-10-18-9-2-3-12-21(18)20)26(27)14-6-8-17-7-4-11-19(15-17)22(23,24)25/h2-5,7,9-13,15-16,27H,14H2,1H3/t16-/m1/s1. The minimum atomic E-state index is -4.36. The van der Waals surface area contributed by atoms with Crippen LogP contribution >= 0.6 is 12.8 Å². The molecule has 0 bridgehead atoms. The molecule has 0 unspecified atom stereocenters. The highest BCUT2D eigenvalue weighted by Crippen LogP contribution is 2.30. The van der Waals surface area contributed by atoms with Gasteiger partial charge in [-0.25, -0.2) is 4.31 Å². The molecule has 3 aromatic carbocycles. The van der Waals surface area contributed by atoms with Crippen LogP contribution in [-0.2, 0) is 6.18 Å². The van der Waals surface area contributed by atoms with Gasteiger partial charge >= 0.3 is 6.18 Å². The Balaban J connectivity index is 1.75. The van der Waals surface area contributed by atoms with Gasteiger partial charge in [-0.1, -0.05) is 73.2 Å². The second-order valence-corrected chi connectivity index (χ2v) is 6.74. The van der Waals surface area contributed by atoms with Gasteiger partial charge in [0.05, 0.1) is 12.1 Å². The Bertz CT molecular complexity index is 996. The highest BCUT2D eigenvalue weighted by atomic mass is 32.1. The van der Waals surface area contributed by atoms with Gasteiger partial charge < -0.3 is 0 Å². The van der Waals surface area contributed by atoms with Gasteiger partial charge in [0, 0.05) is 11.6 Å². The first-order valence-electron chi connectivity index (χ1n) is 8.45. The molecule has 0 heterocycles. The number of hydrogen-bond acceptors (Lipinski definition) is 2. The fourth-order valence-corrected chi connectivity index (χ4v) is 3.10. The molecule has 27 heavy (non-hydrogen) atoms. The number of hydrogen-bond donors (Lipinski definition) is 1. The quantitative estimate of drug-likeness (QED) is 0.420. The van der Waals surface area contributed by atoms with Crippen molar-refractivity contribution in [1.29, 1.82) is 0 Å². The molecule has 0 aliphatic heterocycles. The summed E-state index contributed by atoms with van der Waals surface area (Å²) >= 11 is 4.53. The molecular weight excluding hydrogens is 367 g/mol. The third kappa shape index (κ3) is 4.65. The molecule has 0 spiro atoms. The average Bonchev–Trinajstić information content (AvgIpc) is 2.66. The zero-order valence-electron chi connectivity index (χ0n) is 14.7. The summed E-state index contributed by atoms with van der Waals surface area (Å²) in [6, 6.07) is 19.3. The van der Waals surface area contributed by atoms with E-state index in [0.29, 0.717) is 12.1 Å². The van der Waals surface area contributed by atoms with Gasteiger partial charge in [0.25, 0.3) is 0 Å². The maximum absolute atomic E-state index is 12.8. The molecule has 0 aromatic heterocycles. The van der Waals surface area contributed by atoms with Crippen molar-refractivity contribution >= 4 is 23.6 Å². The van der Waals surface area contributed by atoms with E-state index < -0.39 is 11.7 Å². The SMILES string of the molecule is C[C@H](c1cccc2ccccc12)N(S)CC#Cc1cccc(C(F)(F)F)c1. The number of fused-ring (bicyclic) bond motifs is 1. The van der Waals surface area contributed by atoms with E-state index in [1.54, 1.807) is 10.4 Å². The largest absolute Gasteiger partial charge is 0.416 e. The first kappa shape index (κ1) is 19.3. The molecule has 5 heteroatoms. The van der Waals surface area contributed by atoms with Crippen LogP contribution in [0.3, 0.4) is 0 Å². The molecule has 0 aliphatic carbocycles. The Labute approximate surface area is 162 Å². The van der Waals surface area contributed by atoms with E-state index in [-0.39, 0.29) is 6.04 Å². The first-order chi connectivity index (χ1) is 12.9. The molecule has 0 N–H and O–H groups in total. The Morgan fingerprint density at radius 1 is 1.00 bits per heavy atom. The number of rotatable bonds is 3. The van der Waals surface area contributed by atoms with Gasteiger partial charge in [0.1, 0.15) is 0 Å². The van der Waals surface area contributed by atoms with Gasteiger partial charge in [-0.3, -0.25) is 0 Å². The summed E-state index contributed by atoms with van der Waals surface area (Å²) in [5.74, 6) is 5.70. The molecule has 1 atom stereocenters. The second kappa shape index (κ2) is 8.08. The van der Waals surface area contributed by atoms with Crippen molar-refractivity contribution in [3.63, 3.8) is 0 Å². The van der Waals surface area contributed by atoms with Crippen molar-refractivity contribution in [2.24, 2.45) is 0 Å². The highest BCUT2D eigenvalue weighted by molar-refractivity contribution is 7.77. The minimum Gasteiger partial charge on any atom is -0.234 e. The van der Waals surface area contributed by atoms with Crippen LogP contribution in [0.5, 0.6) is 0 Å². The van der Waals surface area contributed by atoms with Crippen LogP contribution in [0, 0.1) is 11.8 Å². The lowest BCUT2D eigenvalue weighted by atomic mass is 10.00. The summed E-state index contributed by atoms with van der Waals surface area (Å²) in [6.45, 7) is 2.35. The van der Waals surface area contributed by atoms with E-state index in [0.717, 1.165) is 28.5 Å². The van der Waals surface area contributed by atoms with Crippen molar-refractivity contribution in [1.82, 2.24) is 4.31 Å². The Kier molecular flexibility index (Phi) is 5.79. The molecule has 0 aliphatic rings. The Morgan fingerprint density at radius 3 is 2.48 bits per heavy atom. The Hall–Kier alpha value is -2.42. The van der Waals surface area contributed by atoms with Crippen molar-refractivity contribution in [2.45, 2.75) is 19.1 Å². The van der Waals surface area contributed by atoms with E-state index >= 15 is 0 Å². The van der Waals surface area contributed by atoms with Crippen LogP contribution in [0.1, 0.15) is 29.7 Å². The van der Waals surface area contributed by atoms with Crippen LogP contribution in [0.2, 0.25) is 0 Å². The molecule has 0 fully saturated rings. The van der Waals surface area contributed by atoms with Crippen molar-refractivity contribution in [3.8, 4) is 11.8 Å². The zero-order chi connectivity index (χ0) is 19.4. The maximum Gasteiger partial charge on any atom is 0.416 e. The lowest BCUT2D eigenvalue weighted by molar-refractivity contribution is -0.137. The predicted octanol–water partition coefficient (Wildman–Crippen LogP) is 6.12. The number of alkyl halides is 3. The van der Waals surface area contributed by atoms with E-state index in [9.17, 15) is 13.2 Å². The molecular formula is C22H18F3NS. The fourth-order valence-electron chi connectivity index (χ4n) is 2.91. The fraction of sp³-hybridized carbons (Fsp3) is 0.182. The predicted molar refractivity (Wildman–Crippen MR) is 106 cm³/mol. The van der Waals surface area contributed by atoms with Crippen molar-refractivity contribution in [3.05, 3.63) is 83.4 Å². The van der Waals surface area contributed by atoms with E-state index in [2.05, 4.69) is 48.9 Å². The zero-order valence-corrected chi connectivity index (χ0v) is 15.6. The van der Waals surface area contributed by atoms with Crippen LogP contribution in [-0.4, -0.2) is 10.8 Å². The van der Waals surface area contributed by atoms with E-state index in [1.165, 1.54) is 6.07 Å². The van der Waals surface area contributed by atoms with Crippen LogP contribution < -0.4 is 0 Å². The van der Waals surface area contributed by atoms with Gasteiger partial charge in [-0.2, -0.15) is 13.2 Å². The highest BCUT2D eigenvalue weighted by Gasteiger charge is 2.30. The molecule has 0 saturated heterocycles. The normalized spacial score (nSPS) is 12.7. The summed E-state index contributed by atoms with van der Waals surface area (Å²) in [4.78, 5) is 0. The lowest BCUT2D eigenvalue weighted by Crippen LogP contribution is -2.17. The first-order valence-corrected chi connectivity index (χ1v) is 8.85. The molecule has 0 radical (unpaired) electrons. The second-order valence-electron chi connectivity index (χ2n) is 6.22. The van der Waals surface area contributed by atoms with Crippen LogP contribution in [0.15, 0.2) is 66.7 Å². The topological polar surface area (TPSA) is 3.24 Å². The van der Waals surface area contributed by atoms with E-state index in [4.69, 9.17) is 0 Å². The minimum absolute atomic E-state index is 0.00440. The number of benzene rings is 3. The summed E-state index contributed by atoms with van der Waals surface area (Å²) in [6.07, 6.45) is -4.36. The maximum atomic E-state index is 12.8. The van der Waals surface area contributed by atoms with Crippen LogP contribution in [0.25, 0.3) is 10.8 Å². The third-order valence-electron chi connectivity index (χ3n) is 4.38. The van der Waals surface area contributed by atoms with E-state index in [1.807, 2.05) is 25.1 Å². The smallest absolute Gasteiger partial charge is 0.234 e. The van der Waals surface area contributed by atoms with Crippen molar-refractivity contribution in [2.75, 3.05) is 6.54 Å². The Morgan fingerprint density at radius 2 is 1.70 bits per heavy atom. The molecule has 3 rings (SSSR count). The summed E-state index contributed by atoms with van der Waals surface area (Å²) in [5.41, 5.74) is 0.773. The van der Waals surface area contributed by atoms with Crippen LogP contribution in [0.4, 0.5) is 13.2 Å². The van der Waals surface area contributed by atoms with Gasteiger partial charge in [-0.05, 0) is 41.5 Å². The number of halogens is 3. The molecule has 0 amide bonds. The summed E-state index contributed by atoms with van der Waals surface area (Å²) in [5, 5.41) is 2.30. The molecule has 1 nitrogen and oxygen atoms in total. The molecule has 3 aromatic rings. The van der Waals surface area contributed by atoms with Crippen molar-refractivity contribution < 1.29 is 13.2 Å². The summed E-state index contributed by atoms with van der Waals surface area (Å²) in [7, 11) is 0. The van der Waals surface area contributed by atoms with Gasteiger partial charge in [0.2, 0.25) is 0 Å². The number of nitrogens with zero attached hydrogens (tertiary/aromatic N) is 1. The van der Waals surface area contributed by atoms with Gasteiger partial charge in [-0.15, -0.1) is 0 Å². The third-order valence-corrected chi connectivity index (χ3v) is 4.87.